The van der Waals surface area contributed by atoms with Crippen LogP contribution in [0.5, 0.6) is 0 Å². The van der Waals surface area contributed by atoms with Gasteiger partial charge >= 0.3 is 0 Å². The van der Waals surface area contributed by atoms with E-state index < -0.39 is 0 Å². The lowest BCUT2D eigenvalue weighted by Gasteiger charge is -2.39. The topological polar surface area (TPSA) is 34.1 Å². The van der Waals surface area contributed by atoms with Crippen LogP contribution < -0.4 is 5.32 Å². The van der Waals surface area contributed by atoms with E-state index in [2.05, 4.69) is 72.1 Å². The van der Waals surface area contributed by atoms with Crippen molar-refractivity contribution in [1.82, 2.24) is 20.0 Å². The van der Waals surface area contributed by atoms with Crippen LogP contribution in [0.4, 0.5) is 0 Å². The Bertz CT molecular complexity index is 670. The van der Waals surface area contributed by atoms with E-state index in [9.17, 15) is 0 Å². The van der Waals surface area contributed by atoms with E-state index in [1.54, 1.807) is 0 Å². The Hall–Kier alpha value is -0.380. The molecule has 2 saturated heterocycles. The zero-order chi connectivity index (χ0) is 19.5. The van der Waals surface area contributed by atoms with Gasteiger partial charge in [-0.1, -0.05) is 28.1 Å². The van der Waals surface area contributed by atoms with E-state index in [4.69, 9.17) is 0 Å². The molecule has 0 bridgehead atoms. The molecular weight excluding hydrogens is 541 g/mol. The van der Waals surface area contributed by atoms with Crippen molar-refractivity contribution in [3.05, 3.63) is 34.3 Å². The Labute approximate surface area is 201 Å². The molecule has 0 amide bonds. The van der Waals surface area contributed by atoms with Gasteiger partial charge in [-0.2, -0.15) is 0 Å². The van der Waals surface area contributed by atoms with Crippen LogP contribution in [0.1, 0.15) is 37.8 Å². The number of rotatable bonds is 5. The highest BCUT2D eigenvalue weighted by molar-refractivity contribution is 14.0. The lowest BCUT2D eigenvalue weighted by molar-refractivity contribution is 0.138. The Morgan fingerprint density at radius 1 is 1.10 bits per heavy atom. The van der Waals surface area contributed by atoms with Gasteiger partial charge in [-0.15, -0.1) is 24.0 Å². The monoisotopic (exact) mass is 575 g/mol. The summed E-state index contributed by atoms with van der Waals surface area (Å²) in [4.78, 5) is 12.3. The van der Waals surface area contributed by atoms with Crippen molar-refractivity contribution in [2.24, 2.45) is 10.9 Å². The van der Waals surface area contributed by atoms with Crippen LogP contribution >= 0.6 is 39.9 Å². The second-order valence-corrected chi connectivity index (χ2v) is 9.48. The van der Waals surface area contributed by atoms with Gasteiger partial charge in [-0.25, -0.2) is 0 Å². The summed E-state index contributed by atoms with van der Waals surface area (Å²) in [6, 6.07) is 10.1. The molecule has 29 heavy (non-hydrogen) atoms. The van der Waals surface area contributed by atoms with Crippen LogP contribution in [-0.2, 0) is 0 Å². The maximum absolute atomic E-state index is 4.57. The maximum atomic E-state index is 4.57. The van der Waals surface area contributed by atoms with Gasteiger partial charge in [0.05, 0.1) is 0 Å². The first-order valence-corrected chi connectivity index (χ1v) is 11.6. The summed E-state index contributed by atoms with van der Waals surface area (Å²) in [5.74, 6) is 1.86. The van der Waals surface area contributed by atoms with Gasteiger partial charge < -0.3 is 15.1 Å². The van der Waals surface area contributed by atoms with Gasteiger partial charge in [-0.3, -0.25) is 9.89 Å². The first kappa shape index (κ1) is 23.3. The molecule has 3 fully saturated rings. The molecule has 7 heteroatoms. The Balaban J connectivity index is 0.00000240. The van der Waals surface area contributed by atoms with Gasteiger partial charge in [0.1, 0.15) is 0 Å². The zero-order valence-electron chi connectivity index (χ0n) is 17.7. The van der Waals surface area contributed by atoms with Crippen LogP contribution in [0, 0.1) is 5.92 Å². The van der Waals surface area contributed by atoms with Gasteiger partial charge in [0, 0.05) is 62.9 Å². The van der Waals surface area contributed by atoms with Gasteiger partial charge in [0.25, 0.3) is 0 Å². The van der Waals surface area contributed by atoms with Crippen molar-refractivity contribution in [3.8, 4) is 0 Å². The summed E-state index contributed by atoms with van der Waals surface area (Å²) in [5.41, 5.74) is 1.39. The highest BCUT2D eigenvalue weighted by Crippen LogP contribution is 2.31. The predicted molar refractivity (Wildman–Crippen MR) is 135 cm³/mol. The third-order valence-electron chi connectivity index (χ3n) is 6.66. The number of nitrogens with zero attached hydrogens (tertiary/aromatic N) is 4. The van der Waals surface area contributed by atoms with Gasteiger partial charge in [0.2, 0.25) is 0 Å². The minimum Gasteiger partial charge on any atom is -0.356 e. The number of nitrogens with one attached hydrogen (secondary N) is 1. The minimum atomic E-state index is 0. The molecule has 0 aromatic heterocycles. The number of guanidine groups is 1. The summed E-state index contributed by atoms with van der Waals surface area (Å²) in [7, 11) is 1.92. The molecule has 2 heterocycles. The Kier molecular flexibility index (Phi) is 8.65. The number of hydrogen-bond donors (Lipinski definition) is 1. The second-order valence-electron chi connectivity index (χ2n) is 8.56. The first-order chi connectivity index (χ1) is 13.6. The molecule has 1 saturated carbocycles. The summed E-state index contributed by atoms with van der Waals surface area (Å²) >= 11 is 3.53. The lowest BCUT2D eigenvalue weighted by atomic mass is 10.1. The fraction of sp³-hybridized carbons (Fsp3) is 0.682. The van der Waals surface area contributed by atoms with E-state index in [0.717, 1.165) is 55.1 Å². The number of piperazine rings is 1. The van der Waals surface area contributed by atoms with E-state index in [0.29, 0.717) is 6.04 Å². The molecule has 2 unspecified atom stereocenters. The first-order valence-electron chi connectivity index (χ1n) is 10.8. The Morgan fingerprint density at radius 2 is 1.79 bits per heavy atom. The van der Waals surface area contributed by atoms with Crippen molar-refractivity contribution in [3.63, 3.8) is 0 Å². The largest absolute Gasteiger partial charge is 0.356 e. The van der Waals surface area contributed by atoms with Crippen molar-refractivity contribution in [2.75, 3.05) is 52.9 Å². The molecule has 1 aromatic rings. The van der Waals surface area contributed by atoms with Crippen molar-refractivity contribution >= 4 is 45.9 Å². The van der Waals surface area contributed by atoms with E-state index in [-0.39, 0.29) is 24.0 Å². The average molecular weight is 576 g/mol. The molecule has 4 rings (SSSR count). The summed E-state index contributed by atoms with van der Waals surface area (Å²) in [6.45, 7) is 10.2. The molecule has 2 aliphatic heterocycles. The molecule has 1 aromatic carbocycles. The molecular formula is C22H35BrIN5. The summed E-state index contributed by atoms with van der Waals surface area (Å²) in [5, 5.41) is 3.67. The normalized spacial score (nSPS) is 25.0. The molecule has 3 aliphatic rings. The van der Waals surface area contributed by atoms with Crippen LogP contribution in [0.25, 0.3) is 0 Å². The van der Waals surface area contributed by atoms with Crippen LogP contribution in [0.2, 0.25) is 0 Å². The van der Waals surface area contributed by atoms with Gasteiger partial charge in [-0.05, 0) is 56.3 Å². The van der Waals surface area contributed by atoms with Crippen molar-refractivity contribution in [1.29, 1.82) is 0 Å². The van der Waals surface area contributed by atoms with E-state index in [1.165, 1.54) is 37.9 Å². The van der Waals surface area contributed by atoms with Crippen LogP contribution in [0.3, 0.4) is 0 Å². The molecule has 5 nitrogen and oxygen atoms in total. The number of aliphatic imine (C=N–C) groups is 1. The molecule has 1 N–H and O–H groups in total. The molecule has 0 radical (unpaired) electrons. The number of halogens is 2. The standard InChI is InChI=1S/C22H34BrN5.HI/c1-17(19-3-5-20(23)6-4-19)26-11-13-27(14-12-26)22(24-2)25-15-18-9-10-28(16-18)21-7-8-21;/h3-6,17-18,21H,7-16H2,1-2H3,(H,24,25);1H. The number of likely N-dealkylation sites (tertiary alicyclic amines) is 1. The fourth-order valence-corrected chi connectivity index (χ4v) is 4.91. The van der Waals surface area contributed by atoms with Gasteiger partial charge in [0.15, 0.2) is 5.96 Å². The average Bonchev–Trinajstić information content (AvgIpc) is 3.47. The highest BCUT2D eigenvalue weighted by atomic mass is 127. The lowest BCUT2D eigenvalue weighted by Crippen LogP contribution is -2.53. The summed E-state index contributed by atoms with van der Waals surface area (Å²) in [6.07, 6.45) is 4.18. The second kappa shape index (κ2) is 10.8. The van der Waals surface area contributed by atoms with Crippen molar-refractivity contribution in [2.45, 2.75) is 38.3 Å². The SMILES string of the molecule is CN=C(NCC1CCN(C2CC2)C1)N1CCN(C(C)c2ccc(Br)cc2)CC1.I. The third kappa shape index (κ3) is 6.08. The van der Waals surface area contributed by atoms with Crippen LogP contribution in [0.15, 0.2) is 33.7 Å². The third-order valence-corrected chi connectivity index (χ3v) is 7.18. The predicted octanol–water partition coefficient (Wildman–Crippen LogP) is 3.81. The Morgan fingerprint density at radius 3 is 2.41 bits per heavy atom. The molecule has 0 spiro atoms. The van der Waals surface area contributed by atoms with E-state index >= 15 is 0 Å². The minimum absolute atomic E-state index is 0. The summed E-state index contributed by atoms with van der Waals surface area (Å²) < 4.78 is 1.14. The smallest absolute Gasteiger partial charge is 0.193 e. The molecule has 162 valence electrons. The highest BCUT2D eigenvalue weighted by Gasteiger charge is 2.34. The number of hydrogen-bond acceptors (Lipinski definition) is 3. The number of benzene rings is 1. The van der Waals surface area contributed by atoms with Crippen LogP contribution in [-0.4, -0.2) is 79.6 Å². The maximum Gasteiger partial charge on any atom is 0.193 e. The zero-order valence-corrected chi connectivity index (χ0v) is 21.6. The van der Waals surface area contributed by atoms with E-state index in [1.807, 2.05) is 7.05 Å². The molecule has 1 aliphatic carbocycles. The molecule has 2 atom stereocenters. The van der Waals surface area contributed by atoms with Crippen molar-refractivity contribution < 1.29 is 0 Å². The fourth-order valence-electron chi connectivity index (χ4n) is 4.64. The quantitative estimate of drug-likeness (QED) is 0.329.